The van der Waals surface area contributed by atoms with Crippen LogP contribution < -0.4 is 4.72 Å². The van der Waals surface area contributed by atoms with Gasteiger partial charge in [0.25, 0.3) is 0 Å². The van der Waals surface area contributed by atoms with E-state index in [-0.39, 0.29) is 34.1 Å². The summed E-state index contributed by atoms with van der Waals surface area (Å²) in [4.78, 5) is 25.8. The van der Waals surface area contributed by atoms with Crippen molar-refractivity contribution < 1.29 is 18.0 Å². The molecule has 0 amide bonds. The number of fused-ring (bicyclic) bond motifs is 2. The van der Waals surface area contributed by atoms with E-state index in [1.54, 1.807) is 43.3 Å². The Morgan fingerprint density at radius 3 is 2.12 bits per heavy atom. The lowest BCUT2D eigenvalue weighted by atomic mass is 9.82. The molecule has 1 aliphatic carbocycles. The number of hydrogen-bond donors (Lipinski definition) is 1. The minimum atomic E-state index is -3.58. The van der Waals surface area contributed by atoms with Gasteiger partial charge in [0.1, 0.15) is 0 Å². The molecule has 0 aliphatic heterocycles. The van der Waals surface area contributed by atoms with Crippen molar-refractivity contribution in [3.8, 4) is 0 Å². The quantitative estimate of drug-likeness (QED) is 0.760. The SMILES string of the molecule is CCCS(=O)(=O)Nc1c(CC)ccc2c1C(=O)c1ccccc1C2=O. The van der Waals surface area contributed by atoms with Crippen molar-refractivity contribution in [2.24, 2.45) is 0 Å². The number of ketones is 2. The van der Waals surface area contributed by atoms with E-state index in [1.807, 2.05) is 6.92 Å². The van der Waals surface area contributed by atoms with Gasteiger partial charge in [-0.3, -0.25) is 14.3 Å². The highest BCUT2D eigenvalue weighted by Gasteiger charge is 2.33. The fourth-order valence-electron chi connectivity index (χ4n) is 3.12. The van der Waals surface area contributed by atoms with Crippen LogP contribution in [-0.4, -0.2) is 25.7 Å². The summed E-state index contributed by atoms with van der Waals surface area (Å²) in [6, 6.07) is 9.94. The monoisotopic (exact) mass is 357 g/mol. The topological polar surface area (TPSA) is 80.3 Å². The molecule has 5 nitrogen and oxygen atoms in total. The number of carbonyl (C=O) groups is 2. The molecule has 0 aromatic heterocycles. The predicted octanol–water partition coefficient (Wildman–Crippen LogP) is 3.18. The fourth-order valence-corrected chi connectivity index (χ4v) is 4.30. The number of sulfonamides is 1. The lowest BCUT2D eigenvalue weighted by Gasteiger charge is -2.22. The van der Waals surface area contributed by atoms with Crippen LogP contribution in [0.3, 0.4) is 0 Å². The van der Waals surface area contributed by atoms with Crippen LogP contribution >= 0.6 is 0 Å². The number of rotatable bonds is 5. The molecular weight excluding hydrogens is 338 g/mol. The van der Waals surface area contributed by atoms with Crippen LogP contribution in [0, 0.1) is 0 Å². The van der Waals surface area contributed by atoms with E-state index >= 15 is 0 Å². The molecular formula is C19H19NO4S. The first-order valence-corrected chi connectivity index (χ1v) is 9.89. The third-order valence-corrected chi connectivity index (χ3v) is 5.75. The van der Waals surface area contributed by atoms with Gasteiger partial charge in [0.15, 0.2) is 11.6 Å². The van der Waals surface area contributed by atoms with Gasteiger partial charge in [0.05, 0.1) is 17.0 Å². The number of benzene rings is 2. The second-order valence-electron chi connectivity index (χ2n) is 6.00. The molecule has 3 rings (SSSR count). The van der Waals surface area contributed by atoms with Crippen molar-refractivity contribution in [1.29, 1.82) is 0 Å². The van der Waals surface area contributed by atoms with Gasteiger partial charge in [0.2, 0.25) is 10.0 Å². The molecule has 0 atom stereocenters. The minimum absolute atomic E-state index is 0.0431. The van der Waals surface area contributed by atoms with E-state index in [4.69, 9.17) is 0 Å². The molecule has 6 heteroatoms. The predicted molar refractivity (Wildman–Crippen MR) is 96.8 cm³/mol. The number of nitrogens with one attached hydrogen (secondary N) is 1. The van der Waals surface area contributed by atoms with E-state index in [2.05, 4.69) is 4.72 Å². The van der Waals surface area contributed by atoms with Crippen molar-refractivity contribution >= 4 is 27.3 Å². The molecule has 0 fully saturated rings. The van der Waals surface area contributed by atoms with E-state index in [1.165, 1.54) is 0 Å². The molecule has 0 saturated heterocycles. The van der Waals surface area contributed by atoms with Crippen molar-refractivity contribution in [2.45, 2.75) is 26.7 Å². The average molecular weight is 357 g/mol. The first-order valence-electron chi connectivity index (χ1n) is 8.24. The summed E-state index contributed by atoms with van der Waals surface area (Å²) in [5.41, 5.74) is 1.99. The zero-order valence-electron chi connectivity index (χ0n) is 14.1. The van der Waals surface area contributed by atoms with E-state index in [9.17, 15) is 18.0 Å². The Kier molecular flexibility index (Phi) is 4.47. The molecule has 0 heterocycles. The molecule has 130 valence electrons. The lowest BCUT2D eigenvalue weighted by Crippen LogP contribution is -2.25. The fraction of sp³-hybridized carbons (Fsp3) is 0.263. The van der Waals surface area contributed by atoms with E-state index < -0.39 is 10.0 Å². The highest BCUT2D eigenvalue weighted by molar-refractivity contribution is 7.92. The Morgan fingerprint density at radius 1 is 0.880 bits per heavy atom. The number of anilines is 1. The third kappa shape index (κ3) is 2.98. The molecule has 0 bridgehead atoms. The van der Waals surface area contributed by atoms with Gasteiger partial charge in [-0.25, -0.2) is 8.42 Å². The summed E-state index contributed by atoms with van der Waals surface area (Å²) in [6.45, 7) is 3.65. The molecule has 0 unspecified atom stereocenters. The Bertz CT molecular complexity index is 977. The standard InChI is InChI=1S/C19H19NO4S/c1-3-11-25(23,24)20-17-12(4-2)9-10-15-16(17)19(22)14-8-6-5-7-13(14)18(15)21/h5-10,20H,3-4,11H2,1-2H3. The number of hydrogen-bond acceptors (Lipinski definition) is 4. The van der Waals surface area contributed by atoms with Crippen molar-refractivity contribution in [1.82, 2.24) is 0 Å². The van der Waals surface area contributed by atoms with Gasteiger partial charge >= 0.3 is 0 Å². The molecule has 25 heavy (non-hydrogen) atoms. The highest BCUT2D eigenvalue weighted by Crippen LogP contribution is 2.35. The first-order chi connectivity index (χ1) is 11.9. The smallest absolute Gasteiger partial charge is 0.232 e. The summed E-state index contributed by atoms with van der Waals surface area (Å²) in [5.74, 6) is -0.628. The Balaban J connectivity index is 2.24. The molecule has 1 aliphatic rings. The molecule has 0 radical (unpaired) electrons. The maximum absolute atomic E-state index is 13.0. The first kappa shape index (κ1) is 17.4. The summed E-state index contributed by atoms with van der Waals surface area (Å²) in [6.07, 6.45) is 1.00. The molecule has 2 aromatic carbocycles. The van der Waals surface area contributed by atoms with Gasteiger partial charge in [-0.15, -0.1) is 0 Å². The van der Waals surface area contributed by atoms with Gasteiger partial charge < -0.3 is 0 Å². The molecule has 2 aromatic rings. The van der Waals surface area contributed by atoms with Gasteiger partial charge in [0, 0.05) is 16.7 Å². The molecule has 0 spiro atoms. The summed E-state index contributed by atoms with van der Waals surface area (Å²) >= 11 is 0. The van der Waals surface area contributed by atoms with Crippen LogP contribution in [0.2, 0.25) is 0 Å². The van der Waals surface area contributed by atoms with Crippen LogP contribution in [-0.2, 0) is 16.4 Å². The molecule has 1 N–H and O–H groups in total. The zero-order chi connectivity index (χ0) is 18.2. The van der Waals surface area contributed by atoms with Gasteiger partial charge in [-0.1, -0.05) is 44.2 Å². The van der Waals surface area contributed by atoms with E-state index in [0.717, 1.165) is 0 Å². The largest absolute Gasteiger partial charge is 0.289 e. The highest BCUT2D eigenvalue weighted by atomic mass is 32.2. The second-order valence-corrected chi connectivity index (χ2v) is 7.84. The van der Waals surface area contributed by atoms with Crippen LogP contribution in [0.1, 0.15) is 57.7 Å². The van der Waals surface area contributed by atoms with E-state index in [0.29, 0.717) is 29.5 Å². The minimum Gasteiger partial charge on any atom is -0.289 e. The average Bonchev–Trinajstić information content (AvgIpc) is 2.59. The third-order valence-electron chi connectivity index (χ3n) is 4.29. The zero-order valence-corrected chi connectivity index (χ0v) is 14.9. The maximum Gasteiger partial charge on any atom is 0.232 e. The lowest BCUT2D eigenvalue weighted by molar-refractivity contribution is 0.0979. The second kappa shape index (κ2) is 6.44. The molecule has 0 saturated carbocycles. The Labute approximate surface area is 147 Å². The van der Waals surface area contributed by atoms with Crippen LogP contribution in [0.15, 0.2) is 36.4 Å². The van der Waals surface area contributed by atoms with Crippen LogP contribution in [0.4, 0.5) is 5.69 Å². The van der Waals surface area contributed by atoms with Gasteiger partial charge in [-0.05, 0) is 24.5 Å². The van der Waals surface area contributed by atoms with Crippen molar-refractivity contribution in [3.63, 3.8) is 0 Å². The number of carbonyl (C=O) groups excluding carboxylic acids is 2. The summed E-state index contributed by atoms with van der Waals surface area (Å²) in [7, 11) is -3.58. The summed E-state index contributed by atoms with van der Waals surface area (Å²) in [5, 5.41) is 0. The number of aryl methyl sites for hydroxylation is 1. The maximum atomic E-state index is 13.0. The van der Waals surface area contributed by atoms with Crippen molar-refractivity contribution in [3.05, 3.63) is 64.2 Å². The Hall–Kier alpha value is -2.47. The van der Waals surface area contributed by atoms with Gasteiger partial charge in [-0.2, -0.15) is 0 Å². The van der Waals surface area contributed by atoms with Crippen LogP contribution in [0.25, 0.3) is 0 Å². The van der Waals surface area contributed by atoms with Crippen LogP contribution in [0.5, 0.6) is 0 Å². The summed E-state index contributed by atoms with van der Waals surface area (Å²) < 4.78 is 27.1. The Morgan fingerprint density at radius 2 is 1.52 bits per heavy atom. The normalized spacial score (nSPS) is 13.4. The van der Waals surface area contributed by atoms with Crippen molar-refractivity contribution in [2.75, 3.05) is 10.5 Å².